The third-order valence-electron chi connectivity index (χ3n) is 5.26. The van der Waals surface area contributed by atoms with Gasteiger partial charge in [-0.3, -0.25) is 19.1 Å². The second kappa shape index (κ2) is 7.88. The molecule has 26 heavy (non-hydrogen) atoms. The molecule has 1 unspecified atom stereocenters. The van der Waals surface area contributed by atoms with Crippen LogP contribution in [0.15, 0.2) is 22.6 Å². The van der Waals surface area contributed by atoms with Crippen molar-refractivity contribution in [3.05, 3.63) is 28.1 Å². The van der Waals surface area contributed by atoms with E-state index in [-0.39, 0.29) is 23.4 Å². The van der Waals surface area contributed by atoms with Crippen LogP contribution in [0, 0.1) is 5.92 Å². The third kappa shape index (κ3) is 4.32. The second-order valence-electron chi connectivity index (χ2n) is 7.92. The number of hydrogen-bond donors (Lipinski definition) is 1. The fourth-order valence-corrected chi connectivity index (χ4v) is 4.25. The highest BCUT2D eigenvalue weighted by molar-refractivity contribution is 7.16. The molecule has 1 amide bonds. The Morgan fingerprint density at radius 3 is 3.04 bits per heavy atom. The summed E-state index contributed by atoms with van der Waals surface area (Å²) in [5, 5.41) is 5.53. The number of amides is 1. The van der Waals surface area contributed by atoms with E-state index in [9.17, 15) is 9.59 Å². The quantitative estimate of drug-likeness (QED) is 0.841. The number of rotatable bonds is 6. The fraction of sp³-hybridized carbons (Fsp3) is 0.632. The lowest BCUT2D eigenvalue weighted by atomic mass is 9.93. The summed E-state index contributed by atoms with van der Waals surface area (Å²) in [6, 6.07) is 1.79. The Morgan fingerprint density at radius 2 is 2.27 bits per heavy atom. The van der Waals surface area contributed by atoms with Crippen molar-refractivity contribution in [2.45, 2.75) is 52.1 Å². The molecule has 1 N–H and O–H groups in total. The zero-order valence-electron chi connectivity index (χ0n) is 15.8. The molecule has 1 atom stereocenters. The van der Waals surface area contributed by atoms with Crippen molar-refractivity contribution in [2.75, 3.05) is 19.6 Å². The summed E-state index contributed by atoms with van der Waals surface area (Å²) >= 11 is 1.45. The summed E-state index contributed by atoms with van der Waals surface area (Å²) in [6.45, 7) is 9.81. The minimum absolute atomic E-state index is 0.0274. The Hall–Kier alpha value is -1.73. The number of hydrogen-bond acceptors (Lipinski definition) is 5. The van der Waals surface area contributed by atoms with Crippen molar-refractivity contribution in [1.82, 2.24) is 19.8 Å². The van der Waals surface area contributed by atoms with Gasteiger partial charge in [-0.25, -0.2) is 4.98 Å². The van der Waals surface area contributed by atoms with Crippen molar-refractivity contribution in [1.29, 1.82) is 0 Å². The van der Waals surface area contributed by atoms with Gasteiger partial charge in [0.05, 0.1) is 11.7 Å². The van der Waals surface area contributed by atoms with E-state index in [1.165, 1.54) is 35.1 Å². The molecular formula is C19H28N4O2S. The number of carbonyl (C=O) groups excluding carboxylic acids is 1. The van der Waals surface area contributed by atoms with Gasteiger partial charge < -0.3 is 5.32 Å². The molecule has 0 spiro atoms. The van der Waals surface area contributed by atoms with Crippen LogP contribution in [-0.2, 0) is 11.3 Å². The molecule has 0 radical (unpaired) electrons. The van der Waals surface area contributed by atoms with Crippen molar-refractivity contribution in [3.63, 3.8) is 0 Å². The Kier molecular flexibility index (Phi) is 5.77. The van der Waals surface area contributed by atoms with E-state index in [4.69, 9.17) is 0 Å². The zero-order chi connectivity index (χ0) is 18.7. The SMILES string of the molecule is CC1CCCN(C(C)(C)CNC(=O)CCn2cnc3sccc3c2=O)C1. The van der Waals surface area contributed by atoms with Crippen LogP contribution in [0.25, 0.3) is 10.2 Å². The van der Waals surface area contributed by atoms with Gasteiger partial charge in [0.1, 0.15) is 4.83 Å². The highest BCUT2D eigenvalue weighted by Gasteiger charge is 2.30. The van der Waals surface area contributed by atoms with E-state index in [2.05, 4.69) is 36.0 Å². The first-order valence-electron chi connectivity index (χ1n) is 9.31. The first kappa shape index (κ1) is 19.0. The molecule has 0 aromatic carbocycles. The van der Waals surface area contributed by atoms with E-state index in [0.717, 1.165) is 17.9 Å². The molecule has 6 nitrogen and oxygen atoms in total. The molecule has 0 saturated carbocycles. The maximum Gasteiger partial charge on any atom is 0.262 e. The lowest BCUT2D eigenvalue weighted by molar-refractivity contribution is -0.122. The van der Waals surface area contributed by atoms with Gasteiger partial charge in [0.2, 0.25) is 5.91 Å². The minimum atomic E-state index is -0.0771. The van der Waals surface area contributed by atoms with Crippen molar-refractivity contribution in [3.8, 4) is 0 Å². The number of aromatic nitrogens is 2. The van der Waals surface area contributed by atoms with E-state index in [0.29, 0.717) is 24.4 Å². The normalized spacial score (nSPS) is 19.0. The van der Waals surface area contributed by atoms with Crippen LogP contribution in [0.5, 0.6) is 0 Å². The number of likely N-dealkylation sites (tertiary alicyclic amines) is 1. The molecule has 2 aromatic rings. The second-order valence-corrected chi connectivity index (χ2v) is 8.81. The van der Waals surface area contributed by atoms with E-state index >= 15 is 0 Å². The lowest BCUT2D eigenvalue weighted by Crippen LogP contribution is -2.54. The highest BCUT2D eigenvalue weighted by atomic mass is 32.1. The Bertz CT molecular complexity index is 826. The molecule has 1 saturated heterocycles. The predicted octanol–water partition coefficient (Wildman–Crippen LogP) is 2.47. The molecule has 1 aliphatic heterocycles. The summed E-state index contributed by atoms with van der Waals surface area (Å²) < 4.78 is 1.52. The lowest BCUT2D eigenvalue weighted by Gasteiger charge is -2.43. The van der Waals surface area contributed by atoms with Crippen molar-refractivity contribution in [2.24, 2.45) is 5.92 Å². The van der Waals surface area contributed by atoms with Gasteiger partial charge in [-0.2, -0.15) is 0 Å². The maximum absolute atomic E-state index is 12.3. The minimum Gasteiger partial charge on any atom is -0.354 e. The summed E-state index contributed by atoms with van der Waals surface area (Å²) in [4.78, 5) is 32.1. The average molecular weight is 377 g/mol. The molecule has 3 rings (SSSR count). The summed E-state index contributed by atoms with van der Waals surface area (Å²) in [7, 11) is 0. The zero-order valence-corrected chi connectivity index (χ0v) is 16.6. The van der Waals surface area contributed by atoms with Gasteiger partial charge in [-0.1, -0.05) is 6.92 Å². The number of thiophene rings is 1. The molecule has 0 bridgehead atoms. The number of nitrogens with one attached hydrogen (secondary N) is 1. The largest absolute Gasteiger partial charge is 0.354 e. The molecule has 142 valence electrons. The molecule has 3 heterocycles. The van der Waals surface area contributed by atoms with Crippen LogP contribution in [-0.4, -0.2) is 45.5 Å². The van der Waals surface area contributed by atoms with Crippen LogP contribution < -0.4 is 10.9 Å². The van der Waals surface area contributed by atoms with Crippen molar-refractivity contribution < 1.29 is 4.79 Å². The number of fused-ring (bicyclic) bond motifs is 1. The topological polar surface area (TPSA) is 67.2 Å². The van der Waals surface area contributed by atoms with Crippen LogP contribution in [0.2, 0.25) is 0 Å². The standard InChI is InChI=1S/C19H28N4O2S/c1-14-5-4-8-23(11-14)19(2,3)12-20-16(24)6-9-22-13-21-17-15(18(22)25)7-10-26-17/h7,10,13-14H,4-6,8-9,11-12H2,1-3H3,(H,20,24). The van der Waals surface area contributed by atoms with Gasteiger partial charge in [-0.15, -0.1) is 11.3 Å². The van der Waals surface area contributed by atoms with E-state index in [1.807, 2.05) is 5.38 Å². The Labute approximate surface area is 158 Å². The Balaban J connectivity index is 1.52. The fourth-order valence-electron chi connectivity index (χ4n) is 3.53. The molecule has 0 aliphatic carbocycles. The molecule has 7 heteroatoms. The van der Waals surface area contributed by atoms with Gasteiger partial charge in [-0.05, 0) is 50.6 Å². The maximum atomic E-state index is 12.3. The van der Waals surface area contributed by atoms with Crippen LogP contribution >= 0.6 is 11.3 Å². The van der Waals surface area contributed by atoms with Crippen LogP contribution in [0.3, 0.4) is 0 Å². The summed E-state index contributed by atoms with van der Waals surface area (Å²) in [5.41, 5.74) is -0.134. The number of aryl methyl sites for hydroxylation is 1. The van der Waals surface area contributed by atoms with Gasteiger partial charge >= 0.3 is 0 Å². The summed E-state index contributed by atoms with van der Waals surface area (Å²) in [5.74, 6) is 0.686. The average Bonchev–Trinajstić information content (AvgIpc) is 3.09. The Morgan fingerprint density at radius 1 is 1.46 bits per heavy atom. The molecular weight excluding hydrogens is 348 g/mol. The summed E-state index contributed by atoms with van der Waals surface area (Å²) in [6.07, 6.45) is 4.33. The number of nitrogens with zero attached hydrogens (tertiary/aromatic N) is 3. The molecule has 2 aromatic heterocycles. The first-order chi connectivity index (χ1) is 12.4. The molecule has 1 aliphatic rings. The van der Waals surface area contributed by atoms with E-state index < -0.39 is 0 Å². The molecule has 1 fully saturated rings. The highest BCUT2D eigenvalue weighted by Crippen LogP contribution is 2.23. The van der Waals surface area contributed by atoms with Gasteiger partial charge in [0.25, 0.3) is 5.56 Å². The van der Waals surface area contributed by atoms with E-state index in [1.54, 1.807) is 6.07 Å². The van der Waals surface area contributed by atoms with Gasteiger partial charge in [0.15, 0.2) is 0 Å². The number of piperidine rings is 1. The monoisotopic (exact) mass is 376 g/mol. The first-order valence-corrected chi connectivity index (χ1v) is 10.2. The van der Waals surface area contributed by atoms with Crippen LogP contribution in [0.1, 0.15) is 40.0 Å². The third-order valence-corrected chi connectivity index (χ3v) is 6.08. The van der Waals surface area contributed by atoms with Crippen molar-refractivity contribution >= 4 is 27.5 Å². The smallest absolute Gasteiger partial charge is 0.262 e. The van der Waals surface area contributed by atoms with Crippen LogP contribution in [0.4, 0.5) is 0 Å². The van der Waals surface area contributed by atoms with Gasteiger partial charge in [0, 0.05) is 31.6 Å². The predicted molar refractivity (Wildman–Crippen MR) is 106 cm³/mol. The number of carbonyl (C=O) groups is 1.